The predicted octanol–water partition coefficient (Wildman–Crippen LogP) is 2.18. The largest absolute Gasteiger partial charge is 0.397 e. The van der Waals surface area contributed by atoms with E-state index >= 15 is 0 Å². The lowest BCUT2D eigenvalue weighted by molar-refractivity contribution is 0.0928. The maximum absolute atomic E-state index is 12.0. The van der Waals surface area contributed by atoms with E-state index in [-0.39, 0.29) is 11.9 Å². The molecular weight excluding hydrogens is 214 g/mol. The summed E-state index contributed by atoms with van der Waals surface area (Å²) in [5.74, 6) is 0.668. The second kappa shape index (κ2) is 4.82. The molecule has 1 aliphatic carbocycles. The number of carbonyl (C=O) groups excluding carboxylic acids is 1. The number of carbonyl (C=O) groups is 1. The Balaban J connectivity index is 2.01. The highest BCUT2D eigenvalue weighted by molar-refractivity contribution is 5.93. The fraction of sp³-hybridized carbons (Fsp3) is 0.615. The monoisotopic (exact) mass is 235 g/mol. The minimum absolute atomic E-state index is 0.0118. The SMILES string of the molecule is CC(C)n1cc(N)cc1C(=O)NCC1CCC1. The molecule has 0 bridgehead atoms. The summed E-state index contributed by atoms with van der Waals surface area (Å²) < 4.78 is 1.92. The first-order chi connectivity index (χ1) is 8.08. The zero-order chi connectivity index (χ0) is 12.4. The fourth-order valence-corrected chi connectivity index (χ4v) is 2.13. The quantitative estimate of drug-likeness (QED) is 0.840. The lowest BCUT2D eigenvalue weighted by Gasteiger charge is -2.25. The van der Waals surface area contributed by atoms with Crippen molar-refractivity contribution >= 4 is 11.6 Å². The van der Waals surface area contributed by atoms with Gasteiger partial charge in [0.25, 0.3) is 5.91 Å². The van der Waals surface area contributed by atoms with E-state index in [1.54, 1.807) is 6.07 Å². The first kappa shape index (κ1) is 12.0. The average molecular weight is 235 g/mol. The molecule has 0 unspecified atom stereocenters. The van der Waals surface area contributed by atoms with Gasteiger partial charge >= 0.3 is 0 Å². The summed E-state index contributed by atoms with van der Waals surface area (Å²) in [6.45, 7) is 4.88. The lowest BCUT2D eigenvalue weighted by Crippen LogP contribution is -2.33. The molecule has 0 atom stereocenters. The van der Waals surface area contributed by atoms with Crippen molar-refractivity contribution in [1.82, 2.24) is 9.88 Å². The molecule has 1 amide bonds. The zero-order valence-electron chi connectivity index (χ0n) is 10.6. The van der Waals surface area contributed by atoms with Crippen LogP contribution < -0.4 is 11.1 Å². The Labute approximate surface area is 102 Å². The van der Waals surface area contributed by atoms with Gasteiger partial charge in [0.1, 0.15) is 5.69 Å². The van der Waals surface area contributed by atoms with Crippen LogP contribution in [0.15, 0.2) is 12.3 Å². The van der Waals surface area contributed by atoms with Gasteiger partial charge in [0, 0.05) is 18.8 Å². The smallest absolute Gasteiger partial charge is 0.268 e. The van der Waals surface area contributed by atoms with Crippen molar-refractivity contribution in [3.63, 3.8) is 0 Å². The molecule has 94 valence electrons. The molecule has 0 aliphatic heterocycles. The molecule has 1 aliphatic rings. The molecule has 4 nitrogen and oxygen atoms in total. The third-order valence-corrected chi connectivity index (χ3v) is 3.43. The van der Waals surface area contributed by atoms with Gasteiger partial charge in [-0.2, -0.15) is 0 Å². The third kappa shape index (κ3) is 2.62. The second-order valence-corrected chi connectivity index (χ2v) is 5.17. The Morgan fingerprint density at radius 1 is 1.59 bits per heavy atom. The number of hydrogen-bond donors (Lipinski definition) is 2. The van der Waals surface area contributed by atoms with E-state index in [2.05, 4.69) is 5.32 Å². The number of nitrogen functional groups attached to an aromatic ring is 1. The molecule has 0 aromatic carbocycles. The van der Waals surface area contributed by atoms with Crippen molar-refractivity contribution in [3.8, 4) is 0 Å². The standard InChI is InChI=1S/C13H21N3O/c1-9(2)16-8-11(14)6-12(16)13(17)15-7-10-4-3-5-10/h6,8-10H,3-5,7,14H2,1-2H3,(H,15,17). The van der Waals surface area contributed by atoms with Crippen molar-refractivity contribution in [2.75, 3.05) is 12.3 Å². The molecule has 1 saturated carbocycles. The van der Waals surface area contributed by atoms with E-state index in [1.807, 2.05) is 24.6 Å². The van der Waals surface area contributed by atoms with Crippen LogP contribution in [0.3, 0.4) is 0 Å². The van der Waals surface area contributed by atoms with Crippen molar-refractivity contribution in [1.29, 1.82) is 0 Å². The Bertz CT molecular complexity index is 405. The number of nitrogens with one attached hydrogen (secondary N) is 1. The summed E-state index contributed by atoms with van der Waals surface area (Å²) in [6.07, 6.45) is 5.61. The number of hydrogen-bond acceptors (Lipinski definition) is 2. The summed E-state index contributed by atoms with van der Waals surface area (Å²) in [4.78, 5) is 12.0. The molecule has 0 saturated heterocycles. The van der Waals surface area contributed by atoms with Crippen LogP contribution in [0.25, 0.3) is 0 Å². The summed E-state index contributed by atoms with van der Waals surface area (Å²) in [7, 11) is 0. The molecule has 3 N–H and O–H groups in total. The van der Waals surface area contributed by atoms with Gasteiger partial charge in [-0.3, -0.25) is 4.79 Å². The van der Waals surface area contributed by atoms with E-state index in [9.17, 15) is 4.79 Å². The molecule has 4 heteroatoms. The molecule has 2 rings (SSSR count). The Morgan fingerprint density at radius 2 is 2.29 bits per heavy atom. The normalized spacial score (nSPS) is 15.9. The van der Waals surface area contributed by atoms with E-state index < -0.39 is 0 Å². The topological polar surface area (TPSA) is 60.0 Å². The van der Waals surface area contributed by atoms with Gasteiger partial charge in [-0.1, -0.05) is 6.42 Å². The van der Waals surface area contributed by atoms with Crippen LogP contribution in [0.5, 0.6) is 0 Å². The summed E-state index contributed by atoms with van der Waals surface area (Å²) in [6, 6.07) is 1.99. The third-order valence-electron chi connectivity index (χ3n) is 3.43. The number of nitrogens with two attached hydrogens (primary N) is 1. The Morgan fingerprint density at radius 3 is 2.82 bits per heavy atom. The first-order valence-electron chi connectivity index (χ1n) is 6.33. The first-order valence-corrected chi connectivity index (χ1v) is 6.33. The molecule has 0 spiro atoms. The minimum atomic E-state index is -0.0118. The maximum Gasteiger partial charge on any atom is 0.268 e. The maximum atomic E-state index is 12.0. The average Bonchev–Trinajstić information content (AvgIpc) is 2.58. The molecule has 1 aromatic rings. The Hall–Kier alpha value is -1.45. The molecule has 0 radical (unpaired) electrons. The number of aromatic nitrogens is 1. The number of nitrogens with zero attached hydrogens (tertiary/aromatic N) is 1. The van der Waals surface area contributed by atoms with Gasteiger partial charge in [0.2, 0.25) is 0 Å². The molecular formula is C13H21N3O. The van der Waals surface area contributed by atoms with Crippen molar-refractivity contribution in [2.24, 2.45) is 5.92 Å². The van der Waals surface area contributed by atoms with Gasteiger partial charge < -0.3 is 15.6 Å². The van der Waals surface area contributed by atoms with Crippen LogP contribution in [0, 0.1) is 5.92 Å². The second-order valence-electron chi connectivity index (χ2n) is 5.17. The van der Waals surface area contributed by atoms with Crippen LogP contribution in [0.4, 0.5) is 5.69 Å². The molecule has 17 heavy (non-hydrogen) atoms. The van der Waals surface area contributed by atoms with Crippen molar-refractivity contribution in [3.05, 3.63) is 18.0 Å². The zero-order valence-corrected chi connectivity index (χ0v) is 10.6. The van der Waals surface area contributed by atoms with Crippen LogP contribution >= 0.6 is 0 Å². The molecule has 1 aromatic heterocycles. The van der Waals surface area contributed by atoms with Crippen LogP contribution in [0.2, 0.25) is 0 Å². The summed E-state index contributed by atoms with van der Waals surface area (Å²) in [5, 5.41) is 2.99. The highest BCUT2D eigenvalue weighted by atomic mass is 16.1. The van der Waals surface area contributed by atoms with Crippen molar-refractivity contribution < 1.29 is 4.79 Å². The van der Waals surface area contributed by atoms with Crippen LogP contribution in [0.1, 0.15) is 49.6 Å². The van der Waals surface area contributed by atoms with Gasteiger partial charge in [0.05, 0.1) is 5.69 Å². The predicted molar refractivity (Wildman–Crippen MR) is 68.9 cm³/mol. The van der Waals surface area contributed by atoms with Crippen molar-refractivity contribution in [2.45, 2.75) is 39.2 Å². The fourth-order valence-electron chi connectivity index (χ4n) is 2.13. The van der Waals surface area contributed by atoms with E-state index in [0.29, 0.717) is 17.3 Å². The minimum Gasteiger partial charge on any atom is -0.397 e. The molecule has 1 heterocycles. The van der Waals surface area contributed by atoms with Gasteiger partial charge in [-0.25, -0.2) is 0 Å². The molecule has 1 fully saturated rings. The van der Waals surface area contributed by atoms with Crippen LogP contribution in [-0.4, -0.2) is 17.0 Å². The lowest BCUT2D eigenvalue weighted by atomic mass is 9.85. The van der Waals surface area contributed by atoms with E-state index in [1.165, 1.54) is 19.3 Å². The van der Waals surface area contributed by atoms with Gasteiger partial charge in [-0.05, 0) is 38.7 Å². The van der Waals surface area contributed by atoms with Gasteiger partial charge in [0.15, 0.2) is 0 Å². The number of anilines is 1. The summed E-state index contributed by atoms with van der Waals surface area (Å²) in [5.41, 5.74) is 7.06. The van der Waals surface area contributed by atoms with Gasteiger partial charge in [-0.15, -0.1) is 0 Å². The number of amides is 1. The summed E-state index contributed by atoms with van der Waals surface area (Å²) >= 11 is 0. The van der Waals surface area contributed by atoms with Crippen LogP contribution in [-0.2, 0) is 0 Å². The van der Waals surface area contributed by atoms with E-state index in [0.717, 1.165) is 6.54 Å². The number of rotatable bonds is 4. The highest BCUT2D eigenvalue weighted by Crippen LogP contribution is 2.25. The highest BCUT2D eigenvalue weighted by Gasteiger charge is 2.20. The Kier molecular flexibility index (Phi) is 3.41. The van der Waals surface area contributed by atoms with E-state index in [4.69, 9.17) is 5.73 Å².